The number of imidazole rings is 1. The number of nitrogens with one attached hydrogen (secondary N) is 2. The molecule has 0 saturated heterocycles. The molecule has 3 aromatic carbocycles. The molecule has 0 atom stereocenters. The van der Waals surface area contributed by atoms with Gasteiger partial charge in [-0.05, 0) is 75.9 Å². The van der Waals surface area contributed by atoms with E-state index in [2.05, 4.69) is 39.8 Å². The van der Waals surface area contributed by atoms with Gasteiger partial charge in [-0.2, -0.15) is 13.2 Å². The van der Waals surface area contributed by atoms with Crippen LogP contribution in [0.5, 0.6) is 0 Å². The van der Waals surface area contributed by atoms with E-state index in [1.807, 2.05) is 42.8 Å². The summed E-state index contributed by atoms with van der Waals surface area (Å²) >= 11 is 0. The number of carbonyl (C=O) groups is 1. The normalized spacial score (nSPS) is 12.4. The summed E-state index contributed by atoms with van der Waals surface area (Å²) in [5.74, 6) is 0.0677. The number of anilines is 1. The van der Waals surface area contributed by atoms with E-state index >= 15 is 0 Å². The van der Waals surface area contributed by atoms with Crippen LogP contribution in [0, 0.1) is 0 Å². The third-order valence-electron chi connectivity index (χ3n) is 6.97. The number of alkyl halides is 3. The predicted octanol–water partition coefficient (Wildman–Crippen LogP) is 5.73. The van der Waals surface area contributed by atoms with Crippen LogP contribution < -0.4 is 10.9 Å². The molecule has 0 fully saturated rings. The molecule has 5 aromatic rings. The fraction of sp³-hybridized carbons (Fsp3) is 0.276. The van der Waals surface area contributed by atoms with Gasteiger partial charge in [0.1, 0.15) is 0 Å². The number of rotatable bonds is 7. The Morgan fingerprint density at radius 1 is 1.07 bits per heavy atom. The molecule has 0 unspecified atom stereocenters. The SMILES string of the molecule is CCc1cc(C(F)(F)F)cc2c1n(C)c(=Nc1ccc(C(C)C)cc1)n2Cc1ccc(C(=O)Nc2nnn[nH]2)cc1. The van der Waals surface area contributed by atoms with E-state index in [-0.39, 0.29) is 12.5 Å². The van der Waals surface area contributed by atoms with Crippen molar-refractivity contribution in [3.63, 3.8) is 0 Å². The van der Waals surface area contributed by atoms with Crippen LogP contribution in [0.15, 0.2) is 65.7 Å². The zero-order valence-corrected chi connectivity index (χ0v) is 23.0. The van der Waals surface area contributed by atoms with Crippen molar-refractivity contribution in [1.82, 2.24) is 29.8 Å². The van der Waals surface area contributed by atoms with Crippen LogP contribution in [0.3, 0.4) is 0 Å². The number of amides is 1. The highest BCUT2D eigenvalue weighted by molar-refractivity contribution is 6.03. The molecule has 0 bridgehead atoms. The first kappa shape index (κ1) is 27.8. The molecule has 0 spiro atoms. The van der Waals surface area contributed by atoms with Crippen molar-refractivity contribution >= 4 is 28.6 Å². The minimum absolute atomic E-state index is 0.116. The third kappa shape index (κ3) is 5.76. The number of aromatic nitrogens is 6. The minimum atomic E-state index is -4.50. The van der Waals surface area contributed by atoms with E-state index in [0.29, 0.717) is 45.8 Å². The Balaban J connectivity index is 1.62. The first-order chi connectivity index (χ1) is 19.5. The van der Waals surface area contributed by atoms with Crippen LogP contribution in [0.2, 0.25) is 0 Å². The Hall–Kier alpha value is -4.74. The van der Waals surface area contributed by atoms with Crippen LogP contribution in [0.25, 0.3) is 11.0 Å². The van der Waals surface area contributed by atoms with Gasteiger partial charge in [0.2, 0.25) is 11.6 Å². The molecule has 2 aromatic heterocycles. The lowest BCUT2D eigenvalue weighted by atomic mass is 10.0. The summed E-state index contributed by atoms with van der Waals surface area (Å²) in [5.41, 5.74) is 4.51. The molecular formula is C29H29F3N8O. The van der Waals surface area contributed by atoms with Gasteiger partial charge < -0.3 is 9.13 Å². The number of H-pyrrole nitrogens is 1. The second-order valence-electron chi connectivity index (χ2n) is 10.1. The highest BCUT2D eigenvalue weighted by atomic mass is 19.4. The summed E-state index contributed by atoms with van der Waals surface area (Å²) < 4.78 is 45.4. The number of halogens is 3. The summed E-state index contributed by atoms with van der Waals surface area (Å²) in [6.45, 7) is 6.29. The van der Waals surface area contributed by atoms with Crippen LogP contribution in [0.4, 0.5) is 24.8 Å². The molecule has 1 amide bonds. The van der Waals surface area contributed by atoms with Crippen molar-refractivity contribution in [2.24, 2.45) is 12.0 Å². The number of tetrazole rings is 1. The minimum Gasteiger partial charge on any atom is -0.313 e. The molecule has 0 saturated carbocycles. The lowest BCUT2D eigenvalue weighted by molar-refractivity contribution is -0.137. The predicted molar refractivity (Wildman–Crippen MR) is 149 cm³/mol. The monoisotopic (exact) mass is 562 g/mol. The molecule has 0 aliphatic carbocycles. The van der Waals surface area contributed by atoms with Gasteiger partial charge in [-0.15, -0.1) is 0 Å². The molecule has 2 heterocycles. The van der Waals surface area contributed by atoms with Crippen molar-refractivity contribution in [2.45, 2.75) is 45.8 Å². The molecule has 5 rings (SSSR count). The van der Waals surface area contributed by atoms with Crippen LogP contribution >= 0.6 is 0 Å². The molecule has 12 heteroatoms. The Morgan fingerprint density at radius 3 is 2.37 bits per heavy atom. The topological polar surface area (TPSA) is 106 Å². The van der Waals surface area contributed by atoms with E-state index in [1.54, 1.807) is 28.8 Å². The van der Waals surface area contributed by atoms with Crippen LogP contribution in [0.1, 0.15) is 59.3 Å². The second-order valence-corrected chi connectivity index (χ2v) is 10.1. The van der Waals surface area contributed by atoms with Gasteiger partial charge in [0.25, 0.3) is 5.91 Å². The molecule has 0 radical (unpaired) electrons. The molecule has 212 valence electrons. The van der Waals surface area contributed by atoms with Gasteiger partial charge in [0.05, 0.1) is 28.8 Å². The summed E-state index contributed by atoms with van der Waals surface area (Å²) in [6, 6.07) is 17.0. The second kappa shape index (κ2) is 11.0. The Morgan fingerprint density at radius 2 is 1.78 bits per heavy atom. The summed E-state index contributed by atoms with van der Waals surface area (Å²) in [4.78, 5) is 17.4. The molecule has 41 heavy (non-hydrogen) atoms. The zero-order chi connectivity index (χ0) is 29.3. The number of benzene rings is 3. The highest BCUT2D eigenvalue weighted by Gasteiger charge is 2.32. The van der Waals surface area contributed by atoms with Crippen LogP contribution in [-0.2, 0) is 26.2 Å². The summed E-state index contributed by atoms with van der Waals surface area (Å²) in [7, 11) is 1.82. The Bertz CT molecular complexity index is 1750. The average Bonchev–Trinajstić information content (AvgIpc) is 3.55. The lowest BCUT2D eigenvalue weighted by Gasteiger charge is -2.12. The summed E-state index contributed by atoms with van der Waals surface area (Å²) in [5, 5.41) is 15.5. The quantitative estimate of drug-likeness (QED) is 0.264. The zero-order valence-electron chi connectivity index (χ0n) is 23.0. The van der Waals surface area contributed by atoms with E-state index in [4.69, 9.17) is 4.99 Å². The molecule has 2 N–H and O–H groups in total. The van der Waals surface area contributed by atoms with Gasteiger partial charge in [-0.1, -0.05) is 50.1 Å². The van der Waals surface area contributed by atoms with E-state index in [9.17, 15) is 18.0 Å². The number of hydrogen-bond acceptors (Lipinski definition) is 5. The van der Waals surface area contributed by atoms with Crippen molar-refractivity contribution in [2.75, 3.05) is 5.32 Å². The van der Waals surface area contributed by atoms with Gasteiger partial charge in [-0.3, -0.25) is 10.1 Å². The van der Waals surface area contributed by atoms with E-state index in [1.165, 1.54) is 17.7 Å². The maximum atomic E-state index is 13.9. The highest BCUT2D eigenvalue weighted by Crippen LogP contribution is 2.33. The fourth-order valence-corrected chi connectivity index (χ4v) is 4.77. The largest absolute Gasteiger partial charge is 0.416 e. The van der Waals surface area contributed by atoms with Gasteiger partial charge in [0, 0.05) is 12.6 Å². The third-order valence-corrected chi connectivity index (χ3v) is 6.97. The lowest BCUT2D eigenvalue weighted by Crippen LogP contribution is -2.24. The van der Waals surface area contributed by atoms with Crippen molar-refractivity contribution < 1.29 is 18.0 Å². The van der Waals surface area contributed by atoms with Gasteiger partial charge >= 0.3 is 6.18 Å². The average molecular weight is 563 g/mol. The molecular weight excluding hydrogens is 533 g/mol. The summed E-state index contributed by atoms with van der Waals surface area (Å²) in [6.07, 6.45) is -4.07. The Labute approximate surface area is 233 Å². The fourth-order valence-electron chi connectivity index (χ4n) is 4.77. The Kier molecular flexibility index (Phi) is 7.48. The molecule has 0 aliphatic heterocycles. The van der Waals surface area contributed by atoms with E-state index in [0.717, 1.165) is 5.56 Å². The van der Waals surface area contributed by atoms with Crippen molar-refractivity contribution in [3.05, 3.63) is 94.1 Å². The first-order valence-corrected chi connectivity index (χ1v) is 13.1. The number of carbonyl (C=O) groups excluding carboxylic acids is 1. The first-order valence-electron chi connectivity index (χ1n) is 13.1. The standard InChI is InChI=1S/C29H29F3N8O/c1-5-19-14-22(29(30,31)32)15-24-25(19)39(4)28(33-23-12-10-20(11-13-23)17(2)3)40(24)16-18-6-8-21(9-7-18)26(41)34-27-35-37-38-36-27/h6-15,17H,5,16H2,1-4H3,(H2,34,35,36,37,38,41). The molecule has 9 nitrogen and oxygen atoms in total. The van der Waals surface area contributed by atoms with Gasteiger partial charge in [-0.25, -0.2) is 10.1 Å². The van der Waals surface area contributed by atoms with Crippen LogP contribution in [-0.4, -0.2) is 35.7 Å². The molecule has 0 aliphatic rings. The van der Waals surface area contributed by atoms with E-state index < -0.39 is 17.6 Å². The number of nitrogens with zero attached hydrogens (tertiary/aromatic N) is 6. The number of aromatic amines is 1. The number of fused-ring (bicyclic) bond motifs is 1. The maximum Gasteiger partial charge on any atom is 0.416 e. The number of aryl methyl sites for hydroxylation is 2. The van der Waals surface area contributed by atoms with Crippen molar-refractivity contribution in [3.8, 4) is 0 Å². The van der Waals surface area contributed by atoms with Gasteiger partial charge in [0.15, 0.2) is 0 Å². The smallest absolute Gasteiger partial charge is 0.313 e. The van der Waals surface area contributed by atoms with Crippen molar-refractivity contribution in [1.29, 1.82) is 0 Å². The number of hydrogen-bond donors (Lipinski definition) is 2. The maximum absolute atomic E-state index is 13.9.